The molecule has 1 aliphatic rings. The highest BCUT2D eigenvalue weighted by Crippen LogP contribution is 2.24. The van der Waals surface area contributed by atoms with Gasteiger partial charge in [-0.15, -0.1) is 0 Å². The number of anilines is 2. The van der Waals surface area contributed by atoms with Crippen molar-refractivity contribution in [2.24, 2.45) is 10.9 Å². The Labute approximate surface area is 186 Å². The third kappa shape index (κ3) is 5.12. The maximum atomic E-state index is 13.4. The van der Waals surface area contributed by atoms with Gasteiger partial charge in [0.1, 0.15) is 5.82 Å². The van der Waals surface area contributed by atoms with Gasteiger partial charge in [-0.3, -0.25) is 0 Å². The Morgan fingerprint density at radius 3 is 2.87 bits per heavy atom. The average molecular weight is 521 g/mol. The summed E-state index contributed by atoms with van der Waals surface area (Å²) < 4.78 is 45.5. The molecule has 2 aromatic rings. The molecule has 1 aromatic heterocycles. The van der Waals surface area contributed by atoms with Crippen LogP contribution in [0.4, 0.5) is 15.9 Å². The lowest BCUT2D eigenvalue weighted by molar-refractivity contribution is 0.304. The molecule has 0 bridgehead atoms. The molecule has 0 spiro atoms. The van der Waals surface area contributed by atoms with Gasteiger partial charge in [-0.1, -0.05) is 5.16 Å². The lowest BCUT2D eigenvalue weighted by atomic mass is 10.0. The molecular formula is C16H22BrFN8O4S. The standard InChI is InChI=1S/C16H22BrFN8O4S/c1-25(2)31(28,29)26-6-5-16(19,9-26)8-20-14-13(23-30-24-14)15(22-27)21-10-3-4-12(18)11(17)7-10/h3-4,7,27H,5-6,8-9,19H2,1-2H3,(H,20,24)(H,21,22). The second kappa shape index (κ2) is 9.04. The molecule has 1 aliphatic heterocycles. The van der Waals surface area contributed by atoms with Crippen LogP contribution in [0.2, 0.25) is 0 Å². The molecule has 0 saturated carbocycles. The van der Waals surface area contributed by atoms with Crippen molar-refractivity contribution in [2.45, 2.75) is 12.0 Å². The first-order valence-corrected chi connectivity index (χ1v) is 11.2. The predicted octanol–water partition coefficient (Wildman–Crippen LogP) is 0.841. The van der Waals surface area contributed by atoms with E-state index in [-0.39, 0.29) is 41.5 Å². The van der Waals surface area contributed by atoms with E-state index in [1.165, 1.54) is 36.6 Å². The van der Waals surface area contributed by atoms with E-state index < -0.39 is 21.6 Å². The topological polar surface area (TPSA) is 162 Å². The zero-order valence-electron chi connectivity index (χ0n) is 16.7. The normalized spacial score (nSPS) is 20.4. The van der Waals surface area contributed by atoms with Crippen molar-refractivity contribution in [3.63, 3.8) is 0 Å². The molecule has 1 atom stereocenters. The molecule has 0 aliphatic carbocycles. The highest BCUT2D eigenvalue weighted by molar-refractivity contribution is 9.10. The summed E-state index contributed by atoms with van der Waals surface area (Å²) in [6.07, 6.45) is 0.427. The molecule has 31 heavy (non-hydrogen) atoms. The van der Waals surface area contributed by atoms with Gasteiger partial charge < -0.3 is 21.6 Å². The first-order chi connectivity index (χ1) is 14.6. The monoisotopic (exact) mass is 520 g/mol. The molecule has 12 nitrogen and oxygen atoms in total. The van der Waals surface area contributed by atoms with Crippen LogP contribution in [0.3, 0.4) is 0 Å². The van der Waals surface area contributed by atoms with Crippen LogP contribution in [0.1, 0.15) is 12.1 Å². The summed E-state index contributed by atoms with van der Waals surface area (Å²) in [6, 6.07) is 4.13. The van der Waals surface area contributed by atoms with Crippen LogP contribution in [0.25, 0.3) is 0 Å². The highest BCUT2D eigenvalue weighted by atomic mass is 79.9. The van der Waals surface area contributed by atoms with Crippen LogP contribution in [0, 0.1) is 5.82 Å². The van der Waals surface area contributed by atoms with E-state index in [1.54, 1.807) is 0 Å². The molecule has 5 N–H and O–H groups in total. The van der Waals surface area contributed by atoms with Crippen LogP contribution >= 0.6 is 15.9 Å². The fourth-order valence-corrected chi connectivity index (χ4v) is 4.57. The fourth-order valence-electron chi connectivity index (χ4n) is 2.99. The van der Waals surface area contributed by atoms with E-state index in [4.69, 9.17) is 10.4 Å². The molecule has 1 saturated heterocycles. The molecular weight excluding hydrogens is 499 g/mol. The van der Waals surface area contributed by atoms with Gasteiger partial charge in [0.15, 0.2) is 5.69 Å². The lowest BCUT2D eigenvalue weighted by Gasteiger charge is -2.26. The number of hydrogen-bond acceptors (Lipinski definition) is 9. The Bertz CT molecular complexity index is 1080. The van der Waals surface area contributed by atoms with Gasteiger partial charge in [0.2, 0.25) is 11.7 Å². The lowest BCUT2D eigenvalue weighted by Crippen LogP contribution is -2.50. The number of aromatic nitrogens is 2. The SMILES string of the molecule is CN(C)S(=O)(=O)N1CCC(N)(CNc2nonc2/C(=N/O)Nc2ccc(F)c(Br)c2)C1. The summed E-state index contributed by atoms with van der Waals surface area (Å²) in [5, 5.41) is 25.8. The number of hydrogen-bond donors (Lipinski definition) is 4. The van der Waals surface area contributed by atoms with Crippen molar-refractivity contribution in [3.05, 3.63) is 34.2 Å². The van der Waals surface area contributed by atoms with Gasteiger partial charge in [-0.05, 0) is 50.9 Å². The Hall–Kier alpha value is -2.33. The number of benzene rings is 1. The van der Waals surface area contributed by atoms with Crippen LogP contribution < -0.4 is 16.4 Å². The molecule has 170 valence electrons. The fraction of sp³-hybridized carbons (Fsp3) is 0.438. The number of oxime groups is 1. The Morgan fingerprint density at radius 1 is 1.48 bits per heavy atom. The van der Waals surface area contributed by atoms with Gasteiger partial charge in [-0.25, -0.2) is 9.02 Å². The number of amidine groups is 1. The maximum absolute atomic E-state index is 13.4. The summed E-state index contributed by atoms with van der Waals surface area (Å²) >= 11 is 3.08. The Balaban J connectivity index is 1.69. The molecule has 1 fully saturated rings. The molecule has 3 rings (SSSR count). The van der Waals surface area contributed by atoms with Crippen LogP contribution in [0.15, 0.2) is 32.5 Å². The minimum atomic E-state index is -3.57. The van der Waals surface area contributed by atoms with Crippen molar-refractivity contribution in [2.75, 3.05) is 44.4 Å². The van der Waals surface area contributed by atoms with Crippen molar-refractivity contribution >= 4 is 43.5 Å². The summed E-state index contributed by atoms with van der Waals surface area (Å²) in [6.45, 7) is 0.561. The van der Waals surface area contributed by atoms with Crippen molar-refractivity contribution < 1.29 is 22.6 Å². The molecule has 0 amide bonds. The zero-order chi connectivity index (χ0) is 22.8. The second-order valence-corrected chi connectivity index (χ2v) is 10.3. The van der Waals surface area contributed by atoms with Gasteiger partial charge in [0.05, 0.1) is 4.47 Å². The minimum absolute atomic E-state index is 0.0577. The molecule has 1 aromatic carbocycles. The Kier molecular flexibility index (Phi) is 6.80. The number of nitrogens with one attached hydrogen (secondary N) is 2. The van der Waals surface area contributed by atoms with Crippen LogP contribution in [-0.2, 0) is 10.2 Å². The first kappa shape index (κ1) is 23.3. The number of nitrogens with zero attached hydrogens (tertiary/aromatic N) is 5. The summed E-state index contributed by atoms with van der Waals surface area (Å²) in [5.74, 6) is -0.412. The van der Waals surface area contributed by atoms with E-state index in [2.05, 4.69) is 42.0 Å². The average Bonchev–Trinajstić information content (AvgIpc) is 3.34. The van der Waals surface area contributed by atoms with Gasteiger partial charge >= 0.3 is 0 Å². The number of halogens is 2. The summed E-state index contributed by atoms with van der Waals surface area (Å²) in [4.78, 5) is 0. The minimum Gasteiger partial charge on any atom is -0.409 e. The highest BCUT2D eigenvalue weighted by Gasteiger charge is 2.41. The molecule has 1 unspecified atom stereocenters. The number of nitrogens with two attached hydrogens (primary N) is 1. The molecule has 0 radical (unpaired) electrons. The third-order valence-electron chi connectivity index (χ3n) is 4.74. The first-order valence-electron chi connectivity index (χ1n) is 9.03. The largest absolute Gasteiger partial charge is 0.409 e. The smallest absolute Gasteiger partial charge is 0.281 e. The quantitative estimate of drug-likeness (QED) is 0.179. The summed E-state index contributed by atoms with van der Waals surface area (Å²) in [5.41, 5.74) is 6.00. The molecule has 2 heterocycles. The van der Waals surface area contributed by atoms with E-state index in [9.17, 15) is 18.0 Å². The zero-order valence-corrected chi connectivity index (χ0v) is 19.1. The third-order valence-corrected chi connectivity index (χ3v) is 7.24. The van der Waals surface area contributed by atoms with E-state index >= 15 is 0 Å². The van der Waals surface area contributed by atoms with Gasteiger partial charge in [0.25, 0.3) is 10.2 Å². The van der Waals surface area contributed by atoms with Gasteiger partial charge in [0, 0.05) is 45.0 Å². The van der Waals surface area contributed by atoms with Crippen LogP contribution in [-0.4, -0.2) is 77.7 Å². The maximum Gasteiger partial charge on any atom is 0.281 e. The second-order valence-electron chi connectivity index (χ2n) is 7.25. The van der Waals surface area contributed by atoms with E-state index in [0.29, 0.717) is 12.1 Å². The predicted molar refractivity (Wildman–Crippen MR) is 115 cm³/mol. The summed E-state index contributed by atoms with van der Waals surface area (Å²) in [7, 11) is -0.650. The Morgan fingerprint density at radius 2 is 2.23 bits per heavy atom. The number of rotatable bonds is 7. The van der Waals surface area contributed by atoms with Crippen molar-refractivity contribution in [1.29, 1.82) is 0 Å². The molecule has 15 heteroatoms. The van der Waals surface area contributed by atoms with Crippen molar-refractivity contribution in [1.82, 2.24) is 18.9 Å². The van der Waals surface area contributed by atoms with Gasteiger partial charge in [-0.2, -0.15) is 17.0 Å². The van der Waals surface area contributed by atoms with E-state index in [0.717, 1.165) is 4.31 Å². The van der Waals surface area contributed by atoms with E-state index in [1.807, 2.05) is 0 Å². The van der Waals surface area contributed by atoms with Crippen LogP contribution in [0.5, 0.6) is 0 Å². The van der Waals surface area contributed by atoms with Crippen molar-refractivity contribution in [3.8, 4) is 0 Å².